The fourth-order valence-electron chi connectivity index (χ4n) is 3.30. The molecular formula is C20H21N3O4S. The van der Waals surface area contributed by atoms with Gasteiger partial charge in [-0.25, -0.2) is 13.2 Å². The van der Waals surface area contributed by atoms with E-state index in [1.165, 1.54) is 0 Å². The monoisotopic (exact) mass is 399 g/mol. The van der Waals surface area contributed by atoms with Gasteiger partial charge in [-0.05, 0) is 49.1 Å². The molecule has 0 radical (unpaired) electrons. The second kappa shape index (κ2) is 7.27. The highest BCUT2D eigenvalue weighted by Crippen LogP contribution is 2.32. The molecule has 0 spiro atoms. The average molecular weight is 399 g/mol. The number of sulfone groups is 1. The van der Waals surface area contributed by atoms with Gasteiger partial charge in [-0.3, -0.25) is 4.79 Å². The van der Waals surface area contributed by atoms with Gasteiger partial charge in [0.25, 0.3) is 5.91 Å². The number of benzene rings is 2. The maximum absolute atomic E-state index is 12.7. The van der Waals surface area contributed by atoms with Gasteiger partial charge < -0.3 is 16.0 Å². The molecule has 1 aliphatic carbocycles. The molecule has 1 fully saturated rings. The van der Waals surface area contributed by atoms with E-state index in [4.69, 9.17) is 0 Å². The third-order valence-corrected chi connectivity index (χ3v) is 6.72. The molecule has 7 nitrogen and oxygen atoms in total. The molecule has 2 aromatic rings. The lowest BCUT2D eigenvalue weighted by Gasteiger charge is -2.26. The molecule has 8 heteroatoms. The summed E-state index contributed by atoms with van der Waals surface area (Å²) in [6.45, 7) is 0. The van der Waals surface area contributed by atoms with Crippen LogP contribution in [0.5, 0.6) is 0 Å². The van der Waals surface area contributed by atoms with Crippen LogP contribution in [0.15, 0.2) is 53.4 Å². The van der Waals surface area contributed by atoms with Gasteiger partial charge in [-0.2, -0.15) is 0 Å². The zero-order valence-electron chi connectivity index (χ0n) is 15.1. The Bertz CT molecular complexity index is 1030. The van der Waals surface area contributed by atoms with Gasteiger partial charge >= 0.3 is 6.03 Å². The Morgan fingerprint density at radius 2 is 1.71 bits per heavy atom. The molecule has 1 unspecified atom stereocenters. The predicted molar refractivity (Wildman–Crippen MR) is 105 cm³/mol. The van der Waals surface area contributed by atoms with Crippen LogP contribution >= 0.6 is 0 Å². The third-order valence-electron chi connectivity index (χ3n) is 4.91. The molecule has 0 saturated heterocycles. The Labute approximate surface area is 163 Å². The molecular weight excluding hydrogens is 378 g/mol. The van der Waals surface area contributed by atoms with Crippen molar-refractivity contribution in [2.24, 2.45) is 0 Å². The number of hydrogen-bond donors (Lipinski definition) is 3. The van der Waals surface area contributed by atoms with Crippen LogP contribution in [0, 0.1) is 0 Å². The standard InChI is InChI=1S/C20H21N3O4S/c24-19(13-4-3-5-15(12-13)22-20(25)21-14-8-9-14)23-17-10-11-28(26,27)18-7-2-1-6-16(17)18/h1-7,12,14,17H,8-11H2,(H,23,24)(H2,21,22,25). The molecule has 4 rings (SSSR count). The molecule has 3 amide bonds. The van der Waals surface area contributed by atoms with E-state index in [0.29, 0.717) is 23.2 Å². The number of carbonyl (C=O) groups is 2. The number of nitrogens with one attached hydrogen (secondary N) is 3. The van der Waals surface area contributed by atoms with Gasteiger partial charge in [0.05, 0.1) is 16.7 Å². The first-order valence-electron chi connectivity index (χ1n) is 9.22. The molecule has 1 aliphatic heterocycles. The Balaban J connectivity index is 1.48. The minimum atomic E-state index is -3.31. The van der Waals surface area contributed by atoms with Crippen molar-refractivity contribution in [1.29, 1.82) is 0 Å². The van der Waals surface area contributed by atoms with Crippen molar-refractivity contribution in [2.45, 2.75) is 36.2 Å². The van der Waals surface area contributed by atoms with Crippen LogP contribution in [-0.2, 0) is 9.84 Å². The fraction of sp³-hybridized carbons (Fsp3) is 0.300. The zero-order valence-corrected chi connectivity index (χ0v) is 16.0. The van der Waals surface area contributed by atoms with E-state index in [1.807, 2.05) is 0 Å². The van der Waals surface area contributed by atoms with E-state index >= 15 is 0 Å². The number of rotatable bonds is 4. The zero-order chi connectivity index (χ0) is 19.7. The lowest BCUT2D eigenvalue weighted by Crippen LogP contribution is -2.34. The van der Waals surface area contributed by atoms with Crippen molar-refractivity contribution in [1.82, 2.24) is 10.6 Å². The molecule has 3 N–H and O–H groups in total. The SMILES string of the molecule is O=C(Nc1cccc(C(=O)NC2CCS(=O)(=O)c3ccccc32)c1)NC1CC1. The van der Waals surface area contributed by atoms with Gasteiger partial charge in [0.15, 0.2) is 9.84 Å². The van der Waals surface area contributed by atoms with Crippen molar-refractivity contribution in [2.75, 3.05) is 11.1 Å². The summed E-state index contributed by atoms with van der Waals surface area (Å²) in [5.41, 5.74) is 1.53. The number of fused-ring (bicyclic) bond motifs is 1. The van der Waals surface area contributed by atoms with Crippen LogP contribution < -0.4 is 16.0 Å². The van der Waals surface area contributed by atoms with Crippen LogP contribution in [0.2, 0.25) is 0 Å². The van der Waals surface area contributed by atoms with Crippen LogP contribution in [0.3, 0.4) is 0 Å². The first-order chi connectivity index (χ1) is 13.4. The Hall–Kier alpha value is -2.87. The largest absolute Gasteiger partial charge is 0.345 e. The second-order valence-electron chi connectivity index (χ2n) is 7.12. The summed E-state index contributed by atoms with van der Waals surface area (Å²) in [5.74, 6) is -0.317. The van der Waals surface area contributed by atoms with Gasteiger partial charge in [0, 0.05) is 17.3 Å². The molecule has 0 aromatic heterocycles. The summed E-state index contributed by atoms with van der Waals surface area (Å²) in [6, 6.07) is 13.0. The molecule has 2 aromatic carbocycles. The summed E-state index contributed by atoms with van der Waals surface area (Å²) >= 11 is 0. The smallest absolute Gasteiger partial charge is 0.319 e. The number of urea groups is 1. The predicted octanol–water partition coefficient (Wildman–Crippen LogP) is 2.62. The normalized spacial score (nSPS) is 19.9. The first kappa shape index (κ1) is 18.5. The molecule has 1 heterocycles. The van der Waals surface area contributed by atoms with Crippen molar-refractivity contribution in [3.8, 4) is 0 Å². The highest BCUT2D eigenvalue weighted by molar-refractivity contribution is 7.91. The Morgan fingerprint density at radius 1 is 0.929 bits per heavy atom. The van der Waals surface area contributed by atoms with Gasteiger partial charge in [-0.15, -0.1) is 0 Å². The van der Waals surface area contributed by atoms with Crippen molar-refractivity contribution in [3.05, 3.63) is 59.7 Å². The Kier molecular flexibility index (Phi) is 4.80. The molecule has 0 bridgehead atoms. The van der Waals surface area contributed by atoms with Crippen LogP contribution in [0.25, 0.3) is 0 Å². The van der Waals surface area contributed by atoms with E-state index in [1.54, 1.807) is 48.5 Å². The number of carbonyl (C=O) groups excluding carboxylic acids is 2. The molecule has 146 valence electrons. The lowest BCUT2D eigenvalue weighted by atomic mass is 10.0. The fourth-order valence-corrected chi connectivity index (χ4v) is 4.92. The van der Waals surface area contributed by atoms with E-state index in [0.717, 1.165) is 12.8 Å². The lowest BCUT2D eigenvalue weighted by molar-refractivity contribution is 0.0934. The van der Waals surface area contributed by atoms with Crippen molar-refractivity contribution < 1.29 is 18.0 Å². The van der Waals surface area contributed by atoms with Gasteiger partial charge in [0.1, 0.15) is 0 Å². The summed E-state index contributed by atoms with van der Waals surface area (Å²) < 4.78 is 24.5. The highest BCUT2D eigenvalue weighted by Gasteiger charge is 2.31. The second-order valence-corrected chi connectivity index (χ2v) is 9.20. The average Bonchev–Trinajstić information content (AvgIpc) is 3.48. The number of anilines is 1. The van der Waals surface area contributed by atoms with E-state index in [-0.39, 0.29) is 34.7 Å². The van der Waals surface area contributed by atoms with Crippen LogP contribution in [-0.4, -0.2) is 32.2 Å². The van der Waals surface area contributed by atoms with E-state index < -0.39 is 9.84 Å². The minimum absolute atomic E-state index is 0.00209. The summed E-state index contributed by atoms with van der Waals surface area (Å²) in [5, 5.41) is 8.48. The summed E-state index contributed by atoms with van der Waals surface area (Å²) in [6.07, 6.45) is 2.32. The van der Waals surface area contributed by atoms with Crippen LogP contribution in [0.1, 0.15) is 41.2 Å². The Morgan fingerprint density at radius 3 is 2.50 bits per heavy atom. The minimum Gasteiger partial charge on any atom is -0.345 e. The summed E-state index contributed by atoms with van der Waals surface area (Å²) in [7, 11) is -3.31. The van der Waals surface area contributed by atoms with Crippen molar-refractivity contribution >= 4 is 27.5 Å². The topological polar surface area (TPSA) is 104 Å². The number of hydrogen-bond acceptors (Lipinski definition) is 4. The van der Waals surface area contributed by atoms with E-state index in [2.05, 4.69) is 16.0 Å². The summed E-state index contributed by atoms with van der Waals surface area (Å²) in [4.78, 5) is 24.9. The maximum atomic E-state index is 12.7. The highest BCUT2D eigenvalue weighted by atomic mass is 32.2. The van der Waals surface area contributed by atoms with Gasteiger partial charge in [-0.1, -0.05) is 24.3 Å². The van der Waals surface area contributed by atoms with Crippen LogP contribution in [0.4, 0.5) is 10.5 Å². The number of amides is 3. The van der Waals surface area contributed by atoms with Gasteiger partial charge in [0.2, 0.25) is 0 Å². The molecule has 1 saturated carbocycles. The molecule has 2 aliphatic rings. The first-order valence-corrected chi connectivity index (χ1v) is 10.9. The molecule has 1 atom stereocenters. The third kappa shape index (κ3) is 4.01. The maximum Gasteiger partial charge on any atom is 0.319 e. The molecule has 28 heavy (non-hydrogen) atoms. The van der Waals surface area contributed by atoms with E-state index in [9.17, 15) is 18.0 Å². The quantitative estimate of drug-likeness (QED) is 0.735. The van der Waals surface area contributed by atoms with Crippen molar-refractivity contribution in [3.63, 3.8) is 0 Å².